The summed E-state index contributed by atoms with van der Waals surface area (Å²) in [5.74, 6) is -2.44. The molecule has 0 aliphatic rings. The van der Waals surface area contributed by atoms with Crippen LogP contribution in [0.2, 0.25) is 0 Å². The number of hydrogen-bond donors (Lipinski definition) is 3. The number of carbonyl (C=O) groups is 3. The highest BCUT2D eigenvalue weighted by Crippen LogP contribution is 2.09. The van der Waals surface area contributed by atoms with Crippen LogP contribution in [0.3, 0.4) is 0 Å². The van der Waals surface area contributed by atoms with Gasteiger partial charge in [-0.1, -0.05) is 12.1 Å². The van der Waals surface area contributed by atoms with Gasteiger partial charge in [-0.15, -0.1) is 0 Å². The zero-order valence-corrected chi connectivity index (χ0v) is 11.9. The third-order valence-corrected chi connectivity index (χ3v) is 2.89. The van der Waals surface area contributed by atoms with Gasteiger partial charge in [0.2, 0.25) is 5.76 Å². The molecule has 0 bridgehead atoms. The van der Waals surface area contributed by atoms with Crippen molar-refractivity contribution in [2.45, 2.75) is 6.54 Å². The maximum atomic E-state index is 12.0. The summed E-state index contributed by atoms with van der Waals surface area (Å²) in [4.78, 5) is 33.0. The van der Waals surface area contributed by atoms with Gasteiger partial charge in [-0.05, 0) is 35.9 Å². The van der Waals surface area contributed by atoms with E-state index < -0.39 is 11.9 Å². The van der Waals surface area contributed by atoms with Crippen molar-refractivity contribution in [2.24, 2.45) is 0 Å². The van der Waals surface area contributed by atoms with Crippen LogP contribution in [-0.4, -0.2) is 28.1 Å². The van der Waals surface area contributed by atoms with Crippen LogP contribution in [0.5, 0.6) is 0 Å². The normalized spacial score (nSPS) is 10.6. The molecule has 1 heterocycles. The minimum atomic E-state index is -1.17. The van der Waals surface area contributed by atoms with Crippen LogP contribution >= 0.6 is 0 Å². The zero-order valence-electron chi connectivity index (χ0n) is 11.9. The minimum Gasteiger partial charge on any atom is -0.478 e. The van der Waals surface area contributed by atoms with Crippen molar-refractivity contribution in [3.05, 3.63) is 65.1 Å². The van der Waals surface area contributed by atoms with Gasteiger partial charge in [-0.3, -0.25) is 4.79 Å². The molecular formula is C16H13NO6. The number of carboxylic acid groups (broad SMARTS) is 2. The molecule has 1 amide bonds. The van der Waals surface area contributed by atoms with E-state index in [9.17, 15) is 14.4 Å². The first-order valence-electron chi connectivity index (χ1n) is 6.57. The molecule has 7 heteroatoms. The van der Waals surface area contributed by atoms with E-state index in [-0.39, 0.29) is 18.2 Å². The van der Waals surface area contributed by atoms with E-state index in [4.69, 9.17) is 14.6 Å². The fourth-order valence-corrected chi connectivity index (χ4v) is 1.77. The van der Waals surface area contributed by atoms with Gasteiger partial charge in [0, 0.05) is 11.6 Å². The molecule has 7 nitrogen and oxygen atoms in total. The van der Waals surface area contributed by atoms with Crippen molar-refractivity contribution >= 4 is 23.9 Å². The Bertz CT molecular complexity index is 757. The minimum absolute atomic E-state index is 0.0623. The Hall–Kier alpha value is -3.35. The van der Waals surface area contributed by atoms with Crippen LogP contribution in [0, 0.1) is 0 Å². The van der Waals surface area contributed by atoms with E-state index in [0.717, 1.165) is 6.08 Å². The molecule has 0 atom stereocenters. The van der Waals surface area contributed by atoms with Crippen molar-refractivity contribution in [1.29, 1.82) is 0 Å². The first-order chi connectivity index (χ1) is 11.0. The van der Waals surface area contributed by atoms with Crippen LogP contribution in [0.15, 0.2) is 46.9 Å². The number of hydrogen-bond acceptors (Lipinski definition) is 4. The summed E-state index contributed by atoms with van der Waals surface area (Å²) in [6.07, 6.45) is 2.42. The molecule has 0 saturated carbocycles. The lowest BCUT2D eigenvalue weighted by molar-refractivity contribution is -0.131. The van der Waals surface area contributed by atoms with Gasteiger partial charge >= 0.3 is 11.9 Å². The largest absolute Gasteiger partial charge is 0.478 e. The Labute approximate surface area is 130 Å². The number of carboxylic acids is 2. The first kappa shape index (κ1) is 16.0. The van der Waals surface area contributed by atoms with Crippen molar-refractivity contribution in [3.8, 4) is 0 Å². The van der Waals surface area contributed by atoms with Gasteiger partial charge in [0.25, 0.3) is 5.91 Å². The highest BCUT2D eigenvalue weighted by atomic mass is 16.4. The number of nitrogens with one attached hydrogen (secondary N) is 1. The number of aromatic carboxylic acids is 1. The van der Waals surface area contributed by atoms with E-state index >= 15 is 0 Å². The molecule has 0 radical (unpaired) electrons. The summed E-state index contributed by atoms with van der Waals surface area (Å²) in [6.45, 7) is 0.0623. The van der Waals surface area contributed by atoms with Gasteiger partial charge < -0.3 is 19.9 Å². The first-order valence-corrected chi connectivity index (χ1v) is 6.57. The highest BCUT2D eigenvalue weighted by molar-refractivity contribution is 5.94. The lowest BCUT2D eigenvalue weighted by Crippen LogP contribution is -2.22. The predicted octanol–water partition coefficient (Wildman–Crippen LogP) is 2.01. The molecule has 2 aromatic rings. The molecule has 1 aromatic heterocycles. The van der Waals surface area contributed by atoms with Gasteiger partial charge in [-0.2, -0.15) is 0 Å². The lowest BCUT2D eigenvalue weighted by Gasteiger charge is -2.03. The average Bonchev–Trinajstić information content (AvgIpc) is 3.00. The smallest absolute Gasteiger partial charge is 0.371 e. The second kappa shape index (κ2) is 7.08. The Morgan fingerprint density at radius 2 is 1.74 bits per heavy atom. The SMILES string of the molecule is O=C(O)C=Cc1ccc(C(=O)NCc2ccc(C(=O)O)o2)cc1. The molecule has 118 valence electrons. The lowest BCUT2D eigenvalue weighted by atomic mass is 10.1. The average molecular weight is 315 g/mol. The molecule has 0 unspecified atom stereocenters. The predicted molar refractivity (Wildman–Crippen MR) is 79.9 cm³/mol. The number of amides is 1. The zero-order chi connectivity index (χ0) is 16.8. The second-order valence-corrected chi connectivity index (χ2v) is 4.55. The van der Waals surface area contributed by atoms with E-state index in [0.29, 0.717) is 16.9 Å². The summed E-state index contributed by atoms with van der Waals surface area (Å²) in [5.41, 5.74) is 1.04. The quantitative estimate of drug-likeness (QED) is 0.702. The summed E-state index contributed by atoms with van der Waals surface area (Å²) >= 11 is 0. The van der Waals surface area contributed by atoms with E-state index in [1.165, 1.54) is 18.2 Å². The Morgan fingerprint density at radius 3 is 2.30 bits per heavy atom. The molecule has 0 aliphatic heterocycles. The van der Waals surface area contributed by atoms with E-state index in [1.54, 1.807) is 24.3 Å². The van der Waals surface area contributed by atoms with Crippen molar-refractivity contribution in [3.63, 3.8) is 0 Å². The highest BCUT2D eigenvalue weighted by Gasteiger charge is 2.10. The summed E-state index contributed by atoms with van der Waals surface area (Å²) in [6, 6.07) is 9.13. The van der Waals surface area contributed by atoms with Crippen molar-refractivity contribution < 1.29 is 29.0 Å². The second-order valence-electron chi connectivity index (χ2n) is 4.55. The molecule has 0 spiro atoms. The molecule has 3 N–H and O–H groups in total. The Kier molecular flexibility index (Phi) is 4.93. The van der Waals surface area contributed by atoms with Crippen LogP contribution in [-0.2, 0) is 11.3 Å². The third-order valence-electron chi connectivity index (χ3n) is 2.89. The maximum Gasteiger partial charge on any atom is 0.371 e. The molecule has 1 aromatic carbocycles. The van der Waals surface area contributed by atoms with E-state index in [1.807, 2.05) is 0 Å². The van der Waals surface area contributed by atoms with Gasteiger partial charge in [0.15, 0.2) is 0 Å². The van der Waals surface area contributed by atoms with Crippen molar-refractivity contribution in [2.75, 3.05) is 0 Å². The van der Waals surface area contributed by atoms with Crippen LogP contribution in [0.25, 0.3) is 6.08 Å². The van der Waals surface area contributed by atoms with Gasteiger partial charge in [0.1, 0.15) is 5.76 Å². The molecular weight excluding hydrogens is 302 g/mol. The standard InChI is InChI=1S/C16H13NO6/c18-14(19)8-3-10-1-4-11(5-2-10)15(20)17-9-12-6-7-13(23-12)16(21)22/h1-8H,9H2,(H,17,20)(H,18,19)(H,21,22). The monoisotopic (exact) mass is 315 g/mol. The number of rotatable bonds is 6. The topological polar surface area (TPSA) is 117 Å². The van der Waals surface area contributed by atoms with Crippen molar-refractivity contribution in [1.82, 2.24) is 5.32 Å². The number of aliphatic carboxylic acids is 1. The Balaban J connectivity index is 1.94. The summed E-state index contributed by atoms with van der Waals surface area (Å²) in [5, 5.41) is 19.9. The number of furan rings is 1. The molecule has 23 heavy (non-hydrogen) atoms. The van der Waals surface area contributed by atoms with Gasteiger partial charge in [0.05, 0.1) is 6.54 Å². The molecule has 0 fully saturated rings. The molecule has 0 saturated heterocycles. The molecule has 0 aliphatic carbocycles. The summed E-state index contributed by atoms with van der Waals surface area (Å²) in [7, 11) is 0. The maximum absolute atomic E-state index is 12.0. The molecule has 2 rings (SSSR count). The van der Waals surface area contributed by atoms with Gasteiger partial charge in [-0.25, -0.2) is 9.59 Å². The third kappa shape index (κ3) is 4.57. The fourth-order valence-electron chi connectivity index (χ4n) is 1.77. The fraction of sp³-hybridized carbons (Fsp3) is 0.0625. The van der Waals surface area contributed by atoms with Crippen LogP contribution in [0.4, 0.5) is 0 Å². The Morgan fingerprint density at radius 1 is 1.04 bits per heavy atom. The van der Waals surface area contributed by atoms with E-state index in [2.05, 4.69) is 5.32 Å². The van der Waals surface area contributed by atoms with Crippen LogP contribution < -0.4 is 5.32 Å². The number of carbonyl (C=O) groups excluding carboxylic acids is 1. The summed E-state index contributed by atoms with van der Waals surface area (Å²) < 4.78 is 5.03. The van der Waals surface area contributed by atoms with Crippen LogP contribution in [0.1, 0.15) is 32.2 Å². The number of benzene rings is 1.